The summed E-state index contributed by atoms with van der Waals surface area (Å²) in [6.07, 6.45) is 4.14. The minimum atomic E-state index is -0.940. The van der Waals surface area contributed by atoms with E-state index in [0.29, 0.717) is 11.2 Å². The Bertz CT molecular complexity index is 698. The highest BCUT2D eigenvalue weighted by atomic mass is 16.5. The number of ether oxygens (including phenoxy) is 1. The average molecular weight is 312 g/mol. The Labute approximate surface area is 123 Å². The molecule has 0 radical (unpaired) electrons. The number of nitrogens with two attached hydrogens (primary N) is 1. The molecule has 0 bridgehead atoms. The van der Waals surface area contributed by atoms with Gasteiger partial charge >= 0.3 is 6.03 Å². The number of imidazole rings is 1. The van der Waals surface area contributed by atoms with Gasteiger partial charge in [-0.3, -0.25) is 14.6 Å². The van der Waals surface area contributed by atoms with Gasteiger partial charge in [-0.2, -0.15) is 0 Å². The Balaban J connectivity index is 0.000000309. The number of urea groups is 1. The molecule has 22 heavy (non-hydrogen) atoms. The molecule has 1 aliphatic rings. The second-order valence-corrected chi connectivity index (χ2v) is 4.50. The summed E-state index contributed by atoms with van der Waals surface area (Å²) in [6, 6.07) is -0.940. The predicted molar refractivity (Wildman–Crippen MR) is 72.9 cm³/mol. The summed E-state index contributed by atoms with van der Waals surface area (Å²) in [5.41, 5.74) is 6.02. The summed E-state index contributed by atoms with van der Waals surface area (Å²) in [5, 5.41) is 16.4. The lowest BCUT2D eigenvalue weighted by molar-refractivity contribution is -0.0207. The highest BCUT2D eigenvalue weighted by Crippen LogP contribution is 2.29. The minimum Gasteiger partial charge on any atom is -0.394 e. The number of carbonyl (C=O) groups is 1. The van der Waals surface area contributed by atoms with E-state index in [1.54, 1.807) is 10.9 Å². The van der Waals surface area contributed by atoms with Crippen LogP contribution in [0.2, 0.25) is 0 Å². The number of aliphatic hydroxyl groups is 1. The summed E-state index contributed by atoms with van der Waals surface area (Å²) in [6.45, 7) is 0.0111. The summed E-state index contributed by atoms with van der Waals surface area (Å²) in [7, 11) is 0. The van der Waals surface area contributed by atoms with Gasteiger partial charge in [0.2, 0.25) is 0 Å². The molecule has 3 rings (SSSR count). The molecule has 0 spiro atoms. The van der Waals surface area contributed by atoms with Gasteiger partial charge in [0.05, 0.1) is 25.4 Å². The number of primary amides is 1. The van der Waals surface area contributed by atoms with Crippen molar-refractivity contribution in [1.82, 2.24) is 25.0 Å². The van der Waals surface area contributed by atoms with E-state index in [1.807, 2.05) is 0 Å². The molecule has 0 aliphatic carbocycles. The largest absolute Gasteiger partial charge is 0.394 e. The van der Waals surface area contributed by atoms with Gasteiger partial charge in [0.15, 0.2) is 11.2 Å². The number of nitrogens with zero attached hydrogens (tertiary/aromatic N) is 3. The first kappa shape index (κ1) is 15.9. The second kappa shape index (κ2) is 6.98. The molecular formula is C11H16N6O5. The maximum atomic E-state index is 11.5. The van der Waals surface area contributed by atoms with Crippen LogP contribution in [0.3, 0.4) is 0 Å². The van der Waals surface area contributed by atoms with Crippen molar-refractivity contribution in [2.24, 2.45) is 5.73 Å². The van der Waals surface area contributed by atoms with Crippen molar-refractivity contribution in [3.05, 3.63) is 23.0 Å². The highest BCUT2D eigenvalue weighted by molar-refractivity contribution is 5.70. The van der Waals surface area contributed by atoms with E-state index in [2.05, 4.69) is 20.7 Å². The number of aliphatic hydroxyl groups excluding tert-OH is 1. The predicted octanol–water partition coefficient (Wildman–Crippen LogP) is -1.17. The van der Waals surface area contributed by atoms with Crippen LogP contribution in [0, 0.1) is 0 Å². The number of hydroxylamine groups is 1. The zero-order valence-corrected chi connectivity index (χ0v) is 11.5. The fourth-order valence-electron chi connectivity index (χ4n) is 2.10. The molecule has 0 aromatic carbocycles. The van der Waals surface area contributed by atoms with Gasteiger partial charge in [0.1, 0.15) is 6.23 Å². The van der Waals surface area contributed by atoms with Gasteiger partial charge in [0, 0.05) is 0 Å². The lowest BCUT2D eigenvalue weighted by atomic mass is 10.2. The average Bonchev–Trinajstić information content (AvgIpc) is 3.14. The molecule has 2 atom stereocenters. The van der Waals surface area contributed by atoms with Crippen LogP contribution in [0.25, 0.3) is 11.2 Å². The molecule has 120 valence electrons. The number of fused-ring (bicyclic) bond motifs is 1. The number of H-pyrrole nitrogens is 1. The van der Waals surface area contributed by atoms with E-state index in [1.165, 1.54) is 11.8 Å². The highest BCUT2D eigenvalue weighted by Gasteiger charge is 2.27. The van der Waals surface area contributed by atoms with Crippen LogP contribution in [-0.4, -0.2) is 48.6 Å². The quantitative estimate of drug-likeness (QED) is 0.344. The van der Waals surface area contributed by atoms with Gasteiger partial charge in [0.25, 0.3) is 5.56 Å². The van der Waals surface area contributed by atoms with Crippen molar-refractivity contribution >= 4 is 17.2 Å². The monoisotopic (exact) mass is 312 g/mol. The molecule has 0 unspecified atom stereocenters. The van der Waals surface area contributed by atoms with Gasteiger partial charge in [-0.1, -0.05) is 0 Å². The van der Waals surface area contributed by atoms with Crippen LogP contribution >= 0.6 is 0 Å². The number of aromatic nitrogens is 4. The minimum absolute atomic E-state index is 0.0111. The summed E-state index contributed by atoms with van der Waals surface area (Å²) in [5.74, 6) is 0. The van der Waals surface area contributed by atoms with Crippen LogP contribution in [0.4, 0.5) is 4.79 Å². The summed E-state index contributed by atoms with van der Waals surface area (Å²) >= 11 is 0. The number of nitrogens with one attached hydrogen (secondary N) is 2. The number of rotatable bonds is 2. The Hall–Kier alpha value is -2.50. The van der Waals surface area contributed by atoms with Crippen molar-refractivity contribution in [1.29, 1.82) is 0 Å². The molecule has 6 N–H and O–H groups in total. The normalized spacial score (nSPS) is 20.5. The fourth-order valence-corrected chi connectivity index (χ4v) is 2.10. The maximum Gasteiger partial charge on any atom is 0.335 e. The first-order chi connectivity index (χ1) is 10.6. The van der Waals surface area contributed by atoms with E-state index in [0.717, 1.165) is 12.8 Å². The van der Waals surface area contributed by atoms with Gasteiger partial charge < -0.3 is 20.6 Å². The van der Waals surface area contributed by atoms with Crippen molar-refractivity contribution in [2.75, 3.05) is 6.61 Å². The number of carbonyl (C=O) groups excluding carboxylic acids is 1. The van der Waals surface area contributed by atoms with Crippen LogP contribution in [0.15, 0.2) is 17.4 Å². The molecule has 1 saturated heterocycles. The van der Waals surface area contributed by atoms with E-state index < -0.39 is 6.03 Å². The molecule has 2 aromatic rings. The Morgan fingerprint density at radius 1 is 1.55 bits per heavy atom. The summed E-state index contributed by atoms with van der Waals surface area (Å²) < 4.78 is 7.36. The van der Waals surface area contributed by atoms with Crippen molar-refractivity contribution in [2.45, 2.75) is 25.2 Å². The Morgan fingerprint density at radius 2 is 2.27 bits per heavy atom. The molecule has 3 heterocycles. The molecular weight excluding hydrogens is 296 g/mol. The van der Waals surface area contributed by atoms with E-state index in [4.69, 9.17) is 15.1 Å². The first-order valence-corrected chi connectivity index (χ1v) is 6.43. The third-order valence-corrected chi connectivity index (χ3v) is 3.07. The molecule has 1 aliphatic heterocycles. The van der Waals surface area contributed by atoms with Crippen molar-refractivity contribution < 1.29 is 19.8 Å². The molecule has 11 heteroatoms. The molecule has 11 nitrogen and oxygen atoms in total. The van der Waals surface area contributed by atoms with Gasteiger partial charge in [-0.05, 0) is 12.8 Å². The molecule has 1 fully saturated rings. The zero-order chi connectivity index (χ0) is 16.1. The first-order valence-electron chi connectivity index (χ1n) is 6.43. The van der Waals surface area contributed by atoms with Gasteiger partial charge in [-0.25, -0.2) is 20.2 Å². The molecule has 2 aromatic heterocycles. The standard InChI is InChI=1S/C10H12N4O3.CH4N2O2/c15-3-6-1-2-7(17-6)14-5-13-8-9(14)11-4-12-10(8)16;2-1(4)3-5/h4-7,15H,1-3H2,(H,11,12,16);5H,(H3,2,3,4)/t6-,7+;/m0./s1. The lowest BCUT2D eigenvalue weighted by Gasteiger charge is -2.13. The summed E-state index contributed by atoms with van der Waals surface area (Å²) in [4.78, 5) is 31.3. The smallest absolute Gasteiger partial charge is 0.335 e. The topological polar surface area (TPSA) is 168 Å². The number of amides is 2. The van der Waals surface area contributed by atoms with Crippen molar-refractivity contribution in [3.63, 3.8) is 0 Å². The Kier molecular flexibility index (Phi) is 5.04. The third kappa shape index (κ3) is 3.39. The number of hydrogen-bond donors (Lipinski definition) is 5. The SMILES string of the molecule is NC(=O)NO.O=c1[nH]cnc2c1ncn2[C@H]1CC[C@@H](CO)O1. The lowest BCUT2D eigenvalue weighted by Crippen LogP contribution is -2.25. The molecule has 2 amide bonds. The van der Waals surface area contributed by atoms with Crippen LogP contribution in [0.5, 0.6) is 0 Å². The fraction of sp³-hybridized carbons (Fsp3) is 0.455. The zero-order valence-electron chi connectivity index (χ0n) is 11.5. The van der Waals surface area contributed by atoms with E-state index >= 15 is 0 Å². The van der Waals surface area contributed by atoms with Gasteiger partial charge in [-0.15, -0.1) is 0 Å². The second-order valence-electron chi connectivity index (χ2n) is 4.50. The number of hydrogen-bond acceptors (Lipinski definition) is 7. The van der Waals surface area contributed by atoms with Crippen LogP contribution in [0.1, 0.15) is 19.1 Å². The van der Waals surface area contributed by atoms with Crippen molar-refractivity contribution in [3.8, 4) is 0 Å². The maximum absolute atomic E-state index is 11.5. The number of aromatic amines is 1. The van der Waals surface area contributed by atoms with Crippen LogP contribution < -0.4 is 16.8 Å². The molecule has 0 saturated carbocycles. The Morgan fingerprint density at radius 3 is 2.86 bits per heavy atom. The third-order valence-electron chi connectivity index (χ3n) is 3.07. The van der Waals surface area contributed by atoms with Crippen LogP contribution in [-0.2, 0) is 4.74 Å². The van der Waals surface area contributed by atoms with E-state index in [9.17, 15) is 9.59 Å². The van der Waals surface area contributed by atoms with E-state index in [-0.39, 0.29) is 24.5 Å².